The van der Waals surface area contributed by atoms with E-state index in [0.717, 1.165) is 37.7 Å². The molecule has 1 saturated carbocycles. The zero-order valence-electron chi connectivity index (χ0n) is 27.0. The maximum absolute atomic E-state index is 14.0. The van der Waals surface area contributed by atoms with Gasteiger partial charge in [0.1, 0.15) is 11.8 Å². The molecule has 1 fully saturated rings. The summed E-state index contributed by atoms with van der Waals surface area (Å²) in [5.41, 5.74) is 1.81. The van der Waals surface area contributed by atoms with Gasteiger partial charge in [0.15, 0.2) is 0 Å². The topological polar surface area (TPSA) is 158 Å². The van der Waals surface area contributed by atoms with Crippen molar-refractivity contribution in [1.82, 2.24) is 20.9 Å². The first kappa shape index (κ1) is 36.3. The summed E-state index contributed by atoms with van der Waals surface area (Å²) < 4.78 is 0. The summed E-state index contributed by atoms with van der Waals surface area (Å²) in [5.74, 6) is -2.68. The molecular weight excluding hydrogens is 592 g/mol. The number of Topliss-reactive ketones (excluding diaryl/α,β-unsaturated/α-hetero) is 1. The molecule has 2 aromatic rings. The minimum Gasteiger partial charge on any atom is -0.391 e. The number of aliphatic hydroxyl groups is 2. The maximum Gasteiger partial charge on any atom is 0.243 e. The lowest BCUT2D eigenvalue weighted by molar-refractivity contribution is -0.135. The van der Waals surface area contributed by atoms with Crippen LogP contribution in [0.2, 0.25) is 0 Å². The van der Waals surface area contributed by atoms with Crippen LogP contribution in [0.1, 0.15) is 83.4 Å². The molecular formula is C34H50N4O6S. The van der Waals surface area contributed by atoms with Crippen molar-refractivity contribution in [3.8, 4) is 0 Å². The molecule has 248 valence electrons. The number of hydrogen-bond donors (Lipinski definition) is 5. The smallest absolute Gasteiger partial charge is 0.243 e. The monoisotopic (exact) mass is 642 g/mol. The molecule has 3 unspecified atom stereocenters. The van der Waals surface area contributed by atoms with Gasteiger partial charge in [0.05, 0.1) is 34.9 Å². The fourth-order valence-corrected chi connectivity index (χ4v) is 6.79. The molecule has 3 rings (SSSR count). The van der Waals surface area contributed by atoms with Gasteiger partial charge in [-0.05, 0) is 51.5 Å². The number of benzene rings is 1. The molecule has 1 aromatic heterocycles. The molecule has 3 amide bonds. The first-order valence-corrected chi connectivity index (χ1v) is 16.9. The summed E-state index contributed by atoms with van der Waals surface area (Å²) in [6.07, 6.45) is 5.12. The molecule has 5 atom stereocenters. The van der Waals surface area contributed by atoms with E-state index in [1.54, 1.807) is 5.51 Å². The third-order valence-electron chi connectivity index (χ3n) is 8.76. The van der Waals surface area contributed by atoms with Crippen LogP contribution in [0, 0.1) is 17.8 Å². The standard InChI is InChI=1S/C34H50N4O6S/c1-22(39)15-25(16-23-11-7-5-8-12-23)31(41)38-29(18-26-20-45-21-36-26)33(43)37-28(17-24-13-9-6-10-14-24)30(40)19-27(32(42)35-4)34(2,3)44/h5,7-8,11-12,20-21,24-25,27-30,40,44H,6,9-10,13-19H2,1-4H3,(H,35,42)(H,37,43)(H,38,41)/t25-,27?,28?,29-,30?/m0/s1. The summed E-state index contributed by atoms with van der Waals surface area (Å²) >= 11 is 1.38. The van der Waals surface area contributed by atoms with Gasteiger partial charge >= 0.3 is 0 Å². The molecule has 1 heterocycles. The van der Waals surface area contributed by atoms with Crippen molar-refractivity contribution in [2.24, 2.45) is 17.8 Å². The van der Waals surface area contributed by atoms with Gasteiger partial charge in [0.2, 0.25) is 17.7 Å². The van der Waals surface area contributed by atoms with Crippen molar-refractivity contribution in [3.63, 3.8) is 0 Å². The zero-order chi connectivity index (χ0) is 33.0. The highest BCUT2D eigenvalue weighted by Crippen LogP contribution is 2.30. The molecule has 11 heteroatoms. The average Bonchev–Trinajstić information content (AvgIpc) is 3.51. The van der Waals surface area contributed by atoms with Gasteiger partial charge in [-0.3, -0.25) is 14.4 Å². The summed E-state index contributed by atoms with van der Waals surface area (Å²) in [6.45, 7) is 4.50. The predicted molar refractivity (Wildman–Crippen MR) is 174 cm³/mol. The van der Waals surface area contributed by atoms with Gasteiger partial charge in [0.25, 0.3) is 0 Å². The summed E-state index contributed by atoms with van der Waals surface area (Å²) in [5, 5.41) is 32.5. The Bertz CT molecular complexity index is 1230. The van der Waals surface area contributed by atoms with E-state index < -0.39 is 53.3 Å². The lowest BCUT2D eigenvalue weighted by atomic mass is 9.80. The molecule has 1 aliphatic rings. The molecule has 10 nitrogen and oxygen atoms in total. The summed E-state index contributed by atoms with van der Waals surface area (Å²) in [7, 11) is 1.48. The van der Waals surface area contributed by atoms with E-state index in [2.05, 4.69) is 20.9 Å². The van der Waals surface area contributed by atoms with Crippen molar-refractivity contribution < 1.29 is 29.4 Å². The highest BCUT2D eigenvalue weighted by Gasteiger charge is 2.38. The van der Waals surface area contributed by atoms with Gasteiger partial charge in [-0.2, -0.15) is 0 Å². The Labute approximate surface area is 270 Å². The number of aliphatic hydroxyl groups excluding tert-OH is 1. The van der Waals surface area contributed by atoms with E-state index in [9.17, 15) is 29.4 Å². The number of aromatic nitrogens is 1. The number of nitrogens with one attached hydrogen (secondary N) is 3. The maximum atomic E-state index is 14.0. The molecule has 0 spiro atoms. The zero-order valence-corrected chi connectivity index (χ0v) is 27.8. The minimum atomic E-state index is -1.40. The van der Waals surface area contributed by atoms with Crippen LogP contribution in [0.4, 0.5) is 0 Å². The third kappa shape index (κ3) is 11.9. The van der Waals surface area contributed by atoms with Gasteiger partial charge in [-0.15, -0.1) is 11.3 Å². The SMILES string of the molecule is CNC(=O)C(CC(O)C(CC1CCCCC1)NC(=O)[C@H](Cc1cscn1)NC(=O)[C@@H](CC(C)=O)Cc1ccccc1)C(C)(C)O. The fraction of sp³-hybridized carbons (Fsp3) is 0.618. The molecule has 0 aliphatic heterocycles. The van der Waals surface area contributed by atoms with Crippen molar-refractivity contribution in [2.45, 2.75) is 109 Å². The highest BCUT2D eigenvalue weighted by atomic mass is 32.1. The van der Waals surface area contributed by atoms with Crippen LogP contribution in [0.25, 0.3) is 0 Å². The average molecular weight is 643 g/mol. The van der Waals surface area contributed by atoms with Crippen LogP contribution in [0.5, 0.6) is 0 Å². The van der Waals surface area contributed by atoms with Gasteiger partial charge < -0.3 is 31.0 Å². The Morgan fingerprint density at radius 2 is 1.69 bits per heavy atom. The van der Waals surface area contributed by atoms with Crippen molar-refractivity contribution in [2.75, 3.05) is 7.05 Å². The molecule has 1 aromatic carbocycles. The van der Waals surface area contributed by atoms with Crippen molar-refractivity contribution in [3.05, 3.63) is 52.5 Å². The van der Waals surface area contributed by atoms with E-state index >= 15 is 0 Å². The van der Waals surface area contributed by atoms with Crippen LogP contribution in [-0.2, 0) is 32.0 Å². The first-order chi connectivity index (χ1) is 21.4. The van der Waals surface area contributed by atoms with Crippen LogP contribution in [0.15, 0.2) is 41.2 Å². The van der Waals surface area contributed by atoms with Crippen LogP contribution in [-0.4, -0.2) is 69.5 Å². The third-order valence-corrected chi connectivity index (χ3v) is 9.39. The van der Waals surface area contributed by atoms with Crippen molar-refractivity contribution in [1.29, 1.82) is 0 Å². The Balaban J connectivity index is 1.85. The normalized spacial score (nSPS) is 17.4. The van der Waals surface area contributed by atoms with Crippen LogP contribution >= 0.6 is 11.3 Å². The summed E-state index contributed by atoms with van der Waals surface area (Å²) in [6, 6.07) is 7.72. The molecule has 0 radical (unpaired) electrons. The summed E-state index contributed by atoms with van der Waals surface area (Å²) in [4.78, 5) is 56.7. The van der Waals surface area contributed by atoms with E-state index in [0.29, 0.717) is 18.5 Å². The molecule has 45 heavy (non-hydrogen) atoms. The molecule has 0 bridgehead atoms. The number of hydrogen-bond acceptors (Lipinski definition) is 8. The van der Waals surface area contributed by atoms with E-state index in [1.165, 1.54) is 39.2 Å². The molecule has 1 aliphatic carbocycles. The van der Waals surface area contributed by atoms with Gasteiger partial charge in [-0.25, -0.2) is 4.98 Å². The largest absolute Gasteiger partial charge is 0.391 e. The van der Waals surface area contributed by atoms with Crippen LogP contribution < -0.4 is 16.0 Å². The highest BCUT2D eigenvalue weighted by molar-refractivity contribution is 7.07. The van der Waals surface area contributed by atoms with Crippen LogP contribution in [0.3, 0.4) is 0 Å². The van der Waals surface area contributed by atoms with Gasteiger partial charge in [0, 0.05) is 31.2 Å². The Morgan fingerprint density at radius 3 is 2.27 bits per heavy atom. The number of nitrogens with zero attached hydrogens (tertiary/aromatic N) is 1. The lowest BCUT2D eigenvalue weighted by Gasteiger charge is -2.35. The molecule has 0 saturated heterocycles. The number of carbonyl (C=O) groups excluding carboxylic acids is 4. The van der Waals surface area contributed by atoms with E-state index in [1.807, 2.05) is 35.7 Å². The Morgan fingerprint density at radius 1 is 1.00 bits per heavy atom. The van der Waals surface area contributed by atoms with E-state index in [-0.39, 0.29) is 31.0 Å². The lowest BCUT2D eigenvalue weighted by Crippen LogP contribution is -2.55. The second kappa shape index (κ2) is 17.5. The Kier molecular flexibility index (Phi) is 14.1. The number of amides is 3. The second-order valence-corrected chi connectivity index (χ2v) is 13.7. The van der Waals surface area contributed by atoms with Crippen molar-refractivity contribution >= 4 is 34.8 Å². The minimum absolute atomic E-state index is 0.0343. The van der Waals surface area contributed by atoms with Gasteiger partial charge in [-0.1, -0.05) is 62.4 Å². The Hall–Kier alpha value is -3.15. The fourth-order valence-electron chi connectivity index (χ4n) is 6.22. The number of ketones is 1. The predicted octanol–water partition coefficient (Wildman–Crippen LogP) is 3.35. The first-order valence-electron chi connectivity index (χ1n) is 16.0. The number of rotatable bonds is 17. The second-order valence-electron chi connectivity index (χ2n) is 13.0. The molecule has 5 N–H and O–H groups in total. The number of carbonyl (C=O) groups is 4. The number of thiazole rings is 1. The quantitative estimate of drug-likeness (QED) is 0.177. The van der Waals surface area contributed by atoms with E-state index in [4.69, 9.17) is 0 Å².